The number of benzene rings is 12. The fraction of sp³-hybridized carbons (Fsp3) is 0.286. The van der Waals surface area contributed by atoms with Gasteiger partial charge in [-0.1, -0.05) is 364 Å². The Labute approximate surface area is 736 Å². The van der Waals surface area contributed by atoms with Crippen LogP contribution in [0.25, 0.3) is 0 Å². The van der Waals surface area contributed by atoms with Gasteiger partial charge in [-0.05, 0) is 66.8 Å². The second-order valence-electron chi connectivity index (χ2n) is 31.0. The molecular weight excluding hydrogens is 1590 g/mol. The third kappa shape index (κ3) is 26.1. The van der Waals surface area contributed by atoms with Crippen LogP contribution in [0, 0.1) is 0 Å². The molecule has 126 heavy (non-hydrogen) atoms. The monoisotopic (exact) mass is 1700 g/mol. The molecule has 21 nitrogen and oxygen atoms in total. The molecule has 0 spiro atoms. The zero-order chi connectivity index (χ0) is 85.2. The highest BCUT2D eigenvalue weighted by Crippen LogP contribution is 2.38. The molecule has 3 fully saturated rings. The topological polar surface area (TPSA) is 205 Å². The number of nitrogens with zero attached hydrogens (tertiary/aromatic N) is 3. The van der Waals surface area contributed by atoms with Gasteiger partial charge in [0.2, 0.25) is 18.9 Å². The summed E-state index contributed by atoms with van der Waals surface area (Å²) in [4.78, 5) is 15.5. The minimum atomic E-state index is -1.44. The van der Waals surface area contributed by atoms with E-state index in [1.807, 2.05) is 364 Å². The molecule has 15 atom stereocenters. The molecule has 4 heterocycles. The molecule has 0 aliphatic carbocycles. The van der Waals surface area contributed by atoms with E-state index in [4.69, 9.17) is 100 Å². The fourth-order valence-electron chi connectivity index (χ4n) is 15.3. The molecule has 21 heteroatoms. The molecule has 16 rings (SSSR count). The van der Waals surface area contributed by atoms with E-state index in [1.165, 1.54) is 0 Å². The predicted molar refractivity (Wildman–Crippen MR) is 471 cm³/mol. The first-order valence-electron chi connectivity index (χ1n) is 42.9. The number of hydrogen-bond acceptors (Lipinski definition) is 21. The molecule has 0 N–H and O–H groups in total. The van der Waals surface area contributed by atoms with E-state index in [1.54, 1.807) is 0 Å². The minimum absolute atomic E-state index is 0.00287. The third-order valence-corrected chi connectivity index (χ3v) is 21.8. The van der Waals surface area contributed by atoms with Crippen molar-refractivity contribution in [3.05, 3.63) is 431 Å². The molecular formula is C105H105N3O18. The molecule has 0 unspecified atom stereocenters. The third-order valence-electron chi connectivity index (χ3n) is 21.8. The Kier molecular flexibility index (Phi) is 32.9. The van der Waals surface area contributed by atoms with E-state index >= 15 is 0 Å². The van der Waals surface area contributed by atoms with Crippen LogP contribution in [0.1, 0.15) is 66.8 Å². The highest BCUT2D eigenvalue weighted by atomic mass is 16.8. The van der Waals surface area contributed by atoms with E-state index in [0.717, 1.165) is 66.8 Å². The molecule has 3 saturated heterocycles. The van der Waals surface area contributed by atoms with Crippen LogP contribution in [0.3, 0.4) is 0 Å². The second-order valence-corrected chi connectivity index (χ2v) is 31.0. The van der Waals surface area contributed by atoms with E-state index < -0.39 is 92.1 Å². The van der Waals surface area contributed by atoms with E-state index in [0.29, 0.717) is 0 Å². The lowest BCUT2D eigenvalue weighted by Crippen LogP contribution is -2.63. The van der Waals surface area contributed by atoms with Gasteiger partial charge in [0.15, 0.2) is 0 Å². The highest BCUT2D eigenvalue weighted by molar-refractivity contribution is 5.24. The van der Waals surface area contributed by atoms with Crippen molar-refractivity contribution in [3.63, 3.8) is 0 Å². The van der Waals surface area contributed by atoms with Gasteiger partial charge < -0.3 is 85.3 Å². The average Bonchev–Trinajstić information content (AvgIpc) is 0.783. The second kappa shape index (κ2) is 47.1. The molecule has 13 aromatic rings. The Morgan fingerprint density at radius 3 is 0.476 bits per heavy atom. The zero-order valence-corrected chi connectivity index (χ0v) is 70.1. The first-order valence-corrected chi connectivity index (χ1v) is 42.9. The first-order chi connectivity index (χ1) is 62.4. The van der Waals surface area contributed by atoms with Crippen molar-refractivity contribution in [2.45, 2.75) is 171 Å². The Balaban J connectivity index is 0.840. The average molecular weight is 1700 g/mol. The summed E-state index contributed by atoms with van der Waals surface area (Å²) in [6.45, 7) is 1.88. The summed E-state index contributed by atoms with van der Waals surface area (Å²) in [7, 11) is 0. The summed E-state index contributed by atoms with van der Waals surface area (Å²) >= 11 is 0. The van der Waals surface area contributed by atoms with Gasteiger partial charge >= 0.3 is 18.0 Å². The molecule has 0 amide bonds. The first kappa shape index (κ1) is 87.9. The molecule has 3 aliphatic heterocycles. The van der Waals surface area contributed by atoms with Gasteiger partial charge in [-0.3, -0.25) is 0 Å². The van der Waals surface area contributed by atoms with Gasteiger partial charge in [0, 0.05) is 0 Å². The Morgan fingerprint density at radius 2 is 0.310 bits per heavy atom. The van der Waals surface area contributed by atoms with Crippen molar-refractivity contribution in [2.75, 3.05) is 19.8 Å². The van der Waals surface area contributed by atoms with Crippen molar-refractivity contribution in [1.82, 2.24) is 15.0 Å². The Morgan fingerprint density at radius 1 is 0.167 bits per heavy atom. The van der Waals surface area contributed by atoms with Crippen LogP contribution in [0.5, 0.6) is 18.0 Å². The van der Waals surface area contributed by atoms with Crippen LogP contribution in [0.15, 0.2) is 364 Å². The van der Waals surface area contributed by atoms with Gasteiger partial charge in [0.05, 0.1) is 99.1 Å². The fourth-order valence-corrected chi connectivity index (χ4v) is 15.3. The van der Waals surface area contributed by atoms with Crippen LogP contribution in [-0.4, -0.2) is 127 Å². The van der Waals surface area contributed by atoms with Crippen molar-refractivity contribution in [1.29, 1.82) is 0 Å². The van der Waals surface area contributed by atoms with Crippen LogP contribution in [-0.2, 0) is 150 Å². The zero-order valence-electron chi connectivity index (χ0n) is 70.1. The molecule has 3 aliphatic rings. The number of hydrogen-bond donors (Lipinski definition) is 0. The maximum atomic E-state index is 7.39. The summed E-state index contributed by atoms with van der Waals surface area (Å²) in [6.07, 6.45) is -15.9. The van der Waals surface area contributed by atoms with Crippen LogP contribution >= 0.6 is 0 Å². The van der Waals surface area contributed by atoms with Gasteiger partial charge in [0.25, 0.3) is 0 Å². The van der Waals surface area contributed by atoms with Gasteiger partial charge in [-0.25, -0.2) is 0 Å². The lowest BCUT2D eigenvalue weighted by Gasteiger charge is -2.46. The number of ether oxygens (including phenoxy) is 18. The normalized spacial score (nSPS) is 22.3. The number of aromatic nitrogens is 3. The Hall–Kier alpha value is -11.6. The molecule has 648 valence electrons. The van der Waals surface area contributed by atoms with Gasteiger partial charge in [-0.2, -0.15) is 0 Å². The van der Waals surface area contributed by atoms with Crippen LogP contribution in [0.2, 0.25) is 0 Å². The molecule has 0 radical (unpaired) electrons. The molecule has 0 bridgehead atoms. The van der Waals surface area contributed by atoms with Gasteiger partial charge in [0.1, 0.15) is 73.2 Å². The standard InChI is InChI=1S/C105H105N3O18/c1-13-37-76(38-14-1)61-109-73-88-91(112-64-79-43-19-4-20-44-79)94(115-67-82-49-25-7-26-50-82)97(118-70-85-55-31-10-32-56-85)100(121-88)124-103-106-104(125-101-98(119-71-86-57-33-11-34-58-86)95(116-68-83-51-27-8-28-52-83)92(113-65-80-45-21-5-22-46-80)89(122-101)74-110-62-77-39-15-2-16-40-77)108-105(107-103)126-102-99(120-72-87-59-35-12-36-60-87)96(117-69-84-53-29-9-30-54-84)93(114-66-81-47-23-6-24-48-81)90(123-102)75-111-63-78-41-17-3-18-42-78/h1-60,88-102H,61-75H2/t88-,89-,90-,91-,92-,93-,94+,95+,96+,97-,98-,99-,100+,101+,102+/m1/s1. The van der Waals surface area contributed by atoms with Crippen LogP contribution < -0.4 is 14.2 Å². The SMILES string of the molecule is c1ccc(COC[C@H]2O[C@@H](Oc3nc(O[C@@H]4O[C@H](COCc5ccccc5)[C@@H](OCc5ccccc5)[C@H](OCc5ccccc5)[C@H]4OCc4ccccc4)nc(O[C@@H]4O[C@H](COCc5ccccc5)[C@@H](OCc5ccccc5)[C@H](OCc5ccccc5)[C@H]4OCc4ccccc4)n3)[C@H](OCc3ccccc3)[C@@H](OCc3ccccc3)[C@@H]2OCc2ccccc2)cc1. The summed E-state index contributed by atoms with van der Waals surface area (Å²) < 4.78 is 129. The van der Waals surface area contributed by atoms with E-state index in [-0.39, 0.29) is 117 Å². The lowest BCUT2D eigenvalue weighted by molar-refractivity contribution is -0.314. The van der Waals surface area contributed by atoms with Gasteiger partial charge in [-0.15, -0.1) is 15.0 Å². The summed E-state index contributed by atoms with van der Waals surface area (Å²) in [6, 6.07) is 118. The quantitative estimate of drug-likeness (QED) is 0.0348. The summed E-state index contributed by atoms with van der Waals surface area (Å²) in [5.74, 6) is 0. The molecule has 1 aromatic heterocycles. The largest absolute Gasteiger partial charge is 0.430 e. The van der Waals surface area contributed by atoms with Crippen LogP contribution in [0.4, 0.5) is 0 Å². The molecule has 0 saturated carbocycles. The number of rotatable bonds is 45. The summed E-state index contributed by atoms with van der Waals surface area (Å²) in [5.41, 5.74) is 10.9. The smallest absolute Gasteiger partial charge is 0.328 e. The van der Waals surface area contributed by atoms with E-state index in [9.17, 15) is 0 Å². The van der Waals surface area contributed by atoms with Crippen molar-refractivity contribution < 1.29 is 85.3 Å². The Bertz CT molecular complexity index is 4680. The van der Waals surface area contributed by atoms with Crippen molar-refractivity contribution >= 4 is 0 Å². The van der Waals surface area contributed by atoms with Crippen molar-refractivity contribution in [2.24, 2.45) is 0 Å². The molecule has 12 aromatic carbocycles. The lowest BCUT2D eigenvalue weighted by atomic mass is 9.97. The maximum Gasteiger partial charge on any atom is 0.328 e. The highest BCUT2D eigenvalue weighted by Gasteiger charge is 2.54. The maximum absolute atomic E-state index is 7.39. The minimum Gasteiger partial charge on any atom is -0.430 e. The predicted octanol–water partition coefficient (Wildman–Crippen LogP) is 18.1. The van der Waals surface area contributed by atoms with Crippen molar-refractivity contribution in [3.8, 4) is 18.0 Å². The van der Waals surface area contributed by atoms with E-state index in [2.05, 4.69) is 0 Å². The summed E-state index contributed by atoms with van der Waals surface area (Å²) in [5, 5.41) is 0.